The van der Waals surface area contributed by atoms with E-state index in [1.807, 2.05) is 0 Å². The van der Waals surface area contributed by atoms with Gasteiger partial charge in [0.1, 0.15) is 11.5 Å². The fraction of sp³-hybridized carbons (Fsp3) is 0.0526. The first-order valence-corrected chi connectivity index (χ1v) is 10.8. The van der Waals surface area contributed by atoms with Crippen molar-refractivity contribution in [1.29, 1.82) is 0 Å². The number of halogens is 4. The van der Waals surface area contributed by atoms with Crippen molar-refractivity contribution in [2.24, 2.45) is 0 Å². The summed E-state index contributed by atoms with van der Waals surface area (Å²) in [7, 11) is -5.08. The smallest absolute Gasteiger partial charge is 0.283 e. The van der Waals surface area contributed by atoms with Gasteiger partial charge in [-0.1, -0.05) is 64.6 Å². The highest BCUT2D eigenvalue weighted by Gasteiger charge is 2.51. The highest BCUT2D eigenvalue weighted by atomic mass is 35.5. The first kappa shape index (κ1) is 22.0. The van der Waals surface area contributed by atoms with Crippen LogP contribution in [0, 0.1) is 0 Å². The number of aromatic hydroxyl groups is 2. The second-order valence-corrected chi connectivity index (χ2v) is 9.33. The van der Waals surface area contributed by atoms with E-state index >= 15 is 0 Å². The molecule has 0 radical (unpaired) electrons. The molecule has 3 aromatic rings. The third kappa shape index (κ3) is 3.77. The van der Waals surface area contributed by atoms with Crippen LogP contribution in [0.25, 0.3) is 0 Å². The monoisotopic (exact) mass is 492 g/mol. The third-order valence-corrected chi connectivity index (χ3v) is 7.09. The van der Waals surface area contributed by atoms with E-state index in [1.54, 1.807) is 0 Å². The van der Waals surface area contributed by atoms with Crippen molar-refractivity contribution in [3.63, 3.8) is 0 Å². The quantitative estimate of drug-likeness (QED) is 0.311. The zero-order chi connectivity index (χ0) is 21.6. The number of hydrogen-bond acceptors (Lipinski definition) is 4. The molecule has 3 aromatic carbocycles. The van der Waals surface area contributed by atoms with Crippen LogP contribution in [-0.4, -0.2) is 23.2 Å². The van der Waals surface area contributed by atoms with E-state index in [2.05, 4.69) is 0 Å². The summed E-state index contributed by atoms with van der Waals surface area (Å²) in [5, 5.41) is 20.2. The molecule has 3 N–H and O–H groups in total. The molecule has 0 bridgehead atoms. The number of hydrogen-bond donors (Lipinski definition) is 3. The first-order valence-electron chi connectivity index (χ1n) is 7.89. The van der Waals surface area contributed by atoms with E-state index < -0.39 is 20.6 Å². The summed E-state index contributed by atoms with van der Waals surface area (Å²) in [5.74, 6) is -0.784. The second-order valence-electron chi connectivity index (χ2n) is 6.11. The van der Waals surface area contributed by atoms with Crippen LogP contribution >= 0.6 is 46.4 Å². The van der Waals surface area contributed by atoms with Gasteiger partial charge in [0.25, 0.3) is 10.1 Å². The molecule has 0 saturated carbocycles. The Morgan fingerprint density at radius 1 is 0.759 bits per heavy atom. The van der Waals surface area contributed by atoms with Gasteiger partial charge in [0.05, 0.1) is 10.0 Å². The lowest BCUT2D eigenvalue weighted by atomic mass is 9.83. The van der Waals surface area contributed by atoms with Gasteiger partial charge in [0, 0.05) is 27.2 Å². The Hall–Kier alpha value is -1.67. The van der Waals surface area contributed by atoms with Crippen molar-refractivity contribution in [3.8, 4) is 11.5 Å². The molecule has 0 aliphatic heterocycles. The summed E-state index contributed by atoms with van der Waals surface area (Å²) < 4.78 is 34.0. The summed E-state index contributed by atoms with van der Waals surface area (Å²) in [6.45, 7) is 0. The van der Waals surface area contributed by atoms with Gasteiger partial charge >= 0.3 is 0 Å². The highest BCUT2D eigenvalue weighted by molar-refractivity contribution is 7.87. The van der Waals surface area contributed by atoms with E-state index in [1.165, 1.54) is 36.4 Å². The van der Waals surface area contributed by atoms with Crippen molar-refractivity contribution in [2.75, 3.05) is 0 Å². The van der Waals surface area contributed by atoms with Crippen LogP contribution in [0.1, 0.15) is 16.7 Å². The molecule has 5 nitrogen and oxygen atoms in total. The van der Waals surface area contributed by atoms with Crippen LogP contribution in [0.15, 0.2) is 54.6 Å². The van der Waals surface area contributed by atoms with Crippen LogP contribution in [0.5, 0.6) is 11.5 Å². The van der Waals surface area contributed by atoms with Crippen LogP contribution in [-0.2, 0) is 14.9 Å². The van der Waals surface area contributed by atoms with Crippen molar-refractivity contribution in [3.05, 3.63) is 91.4 Å². The number of benzene rings is 3. The minimum atomic E-state index is -5.08. The molecule has 0 amide bonds. The Morgan fingerprint density at radius 3 is 2.00 bits per heavy atom. The van der Waals surface area contributed by atoms with Crippen molar-refractivity contribution >= 4 is 56.5 Å². The molecular formula is C19H12Cl4O5S. The van der Waals surface area contributed by atoms with Crippen LogP contribution in [0.4, 0.5) is 0 Å². The summed E-state index contributed by atoms with van der Waals surface area (Å²) >= 11 is 24.4. The molecule has 1 unspecified atom stereocenters. The fourth-order valence-electron chi connectivity index (χ4n) is 3.20. The van der Waals surface area contributed by atoms with Gasteiger partial charge in [-0.15, -0.1) is 0 Å². The van der Waals surface area contributed by atoms with Crippen LogP contribution in [0.2, 0.25) is 20.1 Å². The standard InChI is InChI=1S/C19H12Cl4O5S/c20-11-3-1-2-10(6-11)19(29(26,27)28,13-5-4-12(24)7-15(13)21)14-8-16(22)17(23)9-18(14)25/h1-9,24-25H,(H,26,27,28). The molecule has 0 saturated heterocycles. The average molecular weight is 494 g/mol. The molecule has 29 heavy (non-hydrogen) atoms. The third-order valence-electron chi connectivity index (χ3n) is 4.37. The summed E-state index contributed by atoms with van der Waals surface area (Å²) in [5.41, 5.74) is -0.464. The van der Waals surface area contributed by atoms with E-state index in [0.29, 0.717) is 0 Å². The lowest BCUT2D eigenvalue weighted by molar-refractivity contribution is 0.440. The molecule has 0 heterocycles. The summed E-state index contributed by atoms with van der Waals surface area (Å²) in [4.78, 5) is 0. The van der Waals surface area contributed by atoms with Crippen LogP contribution in [0.3, 0.4) is 0 Å². The lowest BCUT2D eigenvalue weighted by Gasteiger charge is -2.34. The second kappa shape index (κ2) is 7.87. The predicted molar refractivity (Wildman–Crippen MR) is 114 cm³/mol. The van der Waals surface area contributed by atoms with Gasteiger partial charge < -0.3 is 10.2 Å². The van der Waals surface area contributed by atoms with Crippen LogP contribution < -0.4 is 0 Å². The summed E-state index contributed by atoms with van der Waals surface area (Å²) in [6.07, 6.45) is 0. The van der Waals surface area contributed by atoms with Gasteiger partial charge in [-0.2, -0.15) is 8.42 Å². The zero-order valence-electron chi connectivity index (χ0n) is 14.3. The normalized spacial score (nSPS) is 13.8. The van der Waals surface area contributed by atoms with Crippen molar-refractivity contribution in [2.45, 2.75) is 4.75 Å². The Morgan fingerprint density at radius 2 is 1.41 bits per heavy atom. The molecule has 0 aliphatic rings. The Labute approximate surface area is 186 Å². The molecule has 1 atom stereocenters. The maximum Gasteiger partial charge on any atom is 0.283 e. The zero-order valence-corrected chi connectivity index (χ0v) is 18.1. The summed E-state index contributed by atoms with van der Waals surface area (Å²) in [6, 6.07) is 11.4. The Kier molecular flexibility index (Phi) is 5.98. The molecule has 3 rings (SSSR count). The van der Waals surface area contributed by atoms with Crippen molar-refractivity contribution < 1.29 is 23.2 Å². The lowest BCUT2D eigenvalue weighted by Crippen LogP contribution is -2.38. The van der Waals surface area contributed by atoms with Crippen molar-refractivity contribution in [1.82, 2.24) is 0 Å². The number of phenolic OH excluding ortho intramolecular Hbond substituents is 2. The largest absolute Gasteiger partial charge is 0.508 e. The maximum atomic E-state index is 13.0. The number of rotatable bonds is 4. The minimum Gasteiger partial charge on any atom is -0.508 e. The maximum absolute atomic E-state index is 13.0. The topological polar surface area (TPSA) is 94.8 Å². The van der Waals surface area contributed by atoms with E-state index in [-0.39, 0.29) is 42.5 Å². The highest BCUT2D eigenvalue weighted by Crippen LogP contribution is 2.51. The van der Waals surface area contributed by atoms with Gasteiger partial charge in [-0.05, 0) is 35.9 Å². The van der Waals surface area contributed by atoms with E-state index in [4.69, 9.17) is 46.4 Å². The SMILES string of the molecule is O=S(=O)(O)C(c1cccc(Cl)c1)(c1cc(Cl)c(Cl)cc1O)c1ccc(O)cc1Cl. The molecule has 0 aromatic heterocycles. The molecule has 0 aliphatic carbocycles. The minimum absolute atomic E-state index is 0.0196. The Balaban J connectivity index is 2.61. The fourth-order valence-corrected chi connectivity index (χ4v) is 5.40. The molecular weight excluding hydrogens is 482 g/mol. The molecule has 152 valence electrons. The average Bonchev–Trinajstić information content (AvgIpc) is 2.60. The van der Waals surface area contributed by atoms with E-state index in [0.717, 1.165) is 18.2 Å². The first-order chi connectivity index (χ1) is 13.5. The van der Waals surface area contributed by atoms with E-state index in [9.17, 15) is 23.2 Å². The van der Waals surface area contributed by atoms with Gasteiger partial charge in [-0.3, -0.25) is 4.55 Å². The molecule has 0 spiro atoms. The molecule has 0 fully saturated rings. The number of phenols is 2. The van der Waals surface area contributed by atoms with Gasteiger partial charge in [-0.25, -0.2) is 0 Å². The van der Waals surface area contributed by atoms with Gasteiger partial charge in [0.2, 0.25) is 0 Å². The van der Waals surface area contributed by atoms with Gasteiger partial charge in [0.15, 0.2) is 4.75 Å². The molecule has 10 heteroatoms. The predicted octanol–water partition coefficient (Wildman–Crippen LogP) is 5.89. The Bertz CT molecular complexity index is 1210.